The van der Waals surface area contributed by atoms with Crippen LogP contribution >= 0.6 is 0 Å². The van der Waals surface area contributed by atoms with E-state index in [1.807, 2.05) is 18.2 Å². The van der Waals surface area contributed by atoms with E-state index in [1.165, 1.54) is 6.08 Å². The Labute approximate surface area is 147 Å². The van der Waals surface area contributed by atoms with Crippen LogP contribution in [0.25, 0.3) is 6.08 Å². The van der Waals surface area contributed by atoms with Crippen LogP contribution < -0.4 is 9.47 Å². The topological polar surface area (TPSA) is 61.1 Å². The quantitative estimate of drug-likeness (QED) is 0.654. The molecule has 0 unspecified atom stereocenters. The van der Waals surface area contributed by atoms with E-state index >= 15 is 0 Å². The van der Waals surface area contributed by atoms with Crippen LogP contribution in [0.1, 0.15) is 11.3 Å². The molecule has 0 aliphatic carbocycles. The minimum atomic E-state index is -0.122. The largest absolute Gasteiger partial charge is 0.493 e. The second-order valence-electron chi connectivity index (χ2n) is 5.28. The maximum absolute atomic E-state index is 12.5. The monoisotopic (exact) mass is 345 g/mol. The van der Waals surface area contributed by atoms with Gasteiger partial charge in [-0.3, -0.25) is 4.79 Å². The lowest BCUT2D eigenvalue weighted by Gasteiger charge is -2.19. The van der Waals surface area contributed by atoms with Crippen LogP contribution in [0.4, 0.5) is 0 Å². The molecular weight excluding hydrogens is 322 g/mol. The minimum absolute atomic E-state index is 0.122. The third-order valence-corrected chi connectivity index (χ3v) is 3.63. The molecule has 1 aromatic carbocycles. The van der Waals surface area contributed by atoms with Crippen molar-refractivity contribution in [2.75, 3.05) is 34.5 Å². The van der Waals surface area contributed by atoms with Gasteiger partial charge in [0.15, 0.2) is 11.5 Å². The first kappa shape index (κ1) is 18.6. The number of amides is 1. The summed E-state index contributed by atoms with van der Waals surface area (Å²) in [4.78, 5) is 14.2. The van der Waals surface area contributed by atoms with E-state index < -0.39 is 0 Å². The smallest absolute Gasteiger partial charge is 0.247 e. The SMILES string of the molecule is COCCN(Cc1ccco1)C(=O)/C=C/c1ccc(OC)c(OC)c1. The molecule has 0 saturated heterocycles. The van der Waals surface area contributed by atoms with Crippen molar-refractivity contribution < 1.29 is 23.4 Å². The van der Waals surface area contributed by atoms with Crippen LogP contribution in [-0.2, 0) is 16.1 Å². The number of methoxy groups -OCH3 is 3. The fraction of sp³-hybridized carbons (Fsp3) is 0.316. The summed E-state index contributed by atoms with van der Waals surface area (Å²) in [5, 5.41) is 0. The van der Waals surface area contributed by atoms with Gasteiger partial charge in [-0.25, -0.2) is 0 Å². The van der Waals surface area contributed by atoms with E-state index in [2.05, 4.69) is 0 Å². The number of furan rings is 1. The van der Waals surface area contributed by atoms with E-state index in [4.69, 9.17) is 18.6 Å². The average Bonchev–Trinajstić information content (AvgIpc) is 3.15. The zero-order valence-corrected chi connectivity index (χ0v) is 14.7. The number of nitrogens with zero attached hydrogens (tertiary/aromatic N) is 1. The predicted molar refractivity (Wildman–Crippen MR) is 94.6 cm³/mol. The van der Waals surface area contributed by atoms with Crippen molar-refractivity contribution >= 4 is 12.0 Å². The van der Waals surface area contributed by atoms with Crippen molar-refractivity contribution in [2.24, 2.45) is 0 Å². The first-order valence-electron chi connectivity index (χ1n) is 7.88. The Morgan fingerprint density at radius 3 is 2.60 bits per heavy atom. The molecule has 25 heavy (non-hydrogen) atoms. The first-order chi connectivity index (χ1) is 12.2. The molecule has 0 N–H and O–H groups in total. The maximum atomic E-state index is 12.5. The summed E-state index contributed by atoms with van der Waals surface area (Å²) in [7, 11) is 4.76. The standard InChI is InChI=1S/C19H23NO5/c1-22-12-10-20(14-16-5-4-11-25-16)19(21)9-7-15-6-8-17(23-2)18(13-15)24-3/h4-9,11,13H,10,12,14H2,1-3H3/b9-7+. The van der Waals surface area contributed by atoms with E-state index in [0.717, 1.165) is 11.3 Å². The van der Waals surface area contributed by atoms with Crippen molar-refractivity contribution in [2.45, 2.75) is 6.54 Å². The maximum Gasteiger partial charge on any atom is 0.247 e. The molecule has 1 heterocycles. The lowest BCUT2D eigenvalue weighted by molar-refractivity contribution is -0.127. The number of ether oxygens (including phenoxy) is 3. The van der Waals surface area contributed by atoms with E-state index in [1.54, 1.807) is 50.7 Å². The molecule has 134 valence electrons. The Morgan fingerprint density at radius 2 is 1.96 bits per heavy atom. The van der Waals surface area contributed by atoms with Crippen LogP contribution in [0.15, 0.2) is 47.1 Å². The number of carbonyl (C=O) groups excluding carboxylic acids is 1. The fourth-order valence-corrected chi connectivity index (χ4v) is 2.29. The van der Waals surface area contributed by atoms with Gasteiger partial charge in [0.05, 0.1) is 33.6 Å². The second-order valence-corrected chi connectivity index (χ2v) is 5.28. The van der Waals surface area contributed by atoms with Gasteiger partial charge in [0.1, 0.15) is 5.76 Å². The summed E-state index contributed by atoms with van der Waals surface area (Å²) >= 11 is 0. The molecule has 1 amide bonds. The molecule has 2 rings (SSSR count). The Morgan fingerprint density at radius 1 is 1.16 bits per heavy atom. The number of rotatable bonds is 9. The third kappa shape index (κ3) is 5.39. The Hall–Kier alpha value is -2.73. The summed E-state index contributed by atoms with van der Waals surface area (Å²) in [5.41, 5.74) is 0.843. The molecule has 0 atom stereocenters. The summed E-state index contributed by atoms with van der Waals surface area (Å²) in [6, 6.07) is 9.11. The van der Waals surface area contributed by atoms with Crippen molar-refractivity contribution in [1.29, 1.82) is 0 Å². The van der Waals surface area contributed by atoms with Crippen LogP contribution in [0.5, 0.6) is 11.5 Å². The molecule has 0 saturated carbocycles. The van der Waals surface area contributed by atoms with Gasteiger partial charge < -0.3 is 23.5 Å². The zero-order valence-electron chi connectivity index (χ0n) is 14.7. The molecule has 0 radical (unpaired) electrons. The van der Waals surface area contributed by atoms with Gasteiger partial charge >= 0.3 is 0 Å². The molecule has 0 fully saturated rings. The molecule has 6 heteroatoms. The van der Waals surface area contributed by atoms with Gasteiger partial charge in [-0.15, -0.1) is 0 Å². The van der Waals surface area contributed by atoms with Gasteiger partial charge in [-0.1, -0.05) is 6.07 Å². The fourth-order valence-electron chi connectivity index (χ4n) is 2.29. The first-order valence-corrected chi connectivity index (χ1v) is 7.88. The van der Waals surface area contributed by atoms with E-state index in [9.17, 15) is 4.79 Å². The van der Waals surface area contributed by atoms with E-state index in [0.29, 0.717) is 31.2 Å². The Kier molecular flexibility index (Phi) is 7.10. The Bertz CT molecular complexity index is 694. The van der Waals surface area contributed by atoms with Gasteiger partial charge in [0.25, 0.3) is 0 Å². The molecule has 0 spiro atoms. The molecule has 0 aliphatic rings. The molecular formula is C19H23NO5. The summed E-state index contributed by atoms with van der Waals surface area (Å²) in [5.74, 6) is 1.86. The van der Waals surface area contributed by atoms with Crippen molar-refractivity contribution in [1.82, 2.24) is 4.90 Å². The lowest BCUT2D eigenvalue weighted by Crippen LogP contribution is -2.31. The highest BCUT2D eigenvalue weighted by Gasteiger charge is 2.13. The molecule has 0 aliphatic heterocycles. The summed E-state index contributed by atoms with van der Waals surface area (Å²) in [6.07, 6.45) is 4.86. The third-order valence-electron chi connectivity index (χ3n) is 3.63. The highest BCUT2D eigenvalue weighted by molar-refractivity contribution is 5.91. The summed E-state index contributed by atoms with van der Waals surface area (Å²) < 4.78 is 20.9. The van der Waals surface area contributed by atoms with Crippen molar-refractivity contribution in [3.63, 3.8) is 0 Å². The predicted octanol–water partition coefficient (Wildman–Crippen LogP) is 2.99. The van der Waals surface area contributed by atoms with E-state index in [-0.39, 0.29) is 5.91 Å². The number of benzene rings is 1. The summed E-state index contributed by atoms with van der Waals surface area (Å²) in [6.45, 7) is 1.33. The molecule has 0 bridgehead atoms. The van der Waals surface area contributed by atoms with Crippen LogP contribution in [0.3, 0.4) is 0 Å². The van der Waals surface area contributed by atoms with Crippen LogP contribution in [0.2, 0.25) is 0 Å². The number of hydrogen-bond donors (Lipinski definition) is 0. The molecule has 2 aromatic rings. The highest BCUT2D eigenvalue weighted by atomic mass is 16.5. The second kappa shape index (κ2) is 9.54. The van der Waals surface area contributed by atoms with Crippen LogP contribution in [0, 0.1) is 0 Å². The van der Waals surface area contributed by atoms with Gasteiger partial charge in [0.2, 0.25) is 5.91 Å². The number of carbonyl (C=O) groups is 1. The Balaban J connectivity index is 2.09. The molecule has 6 nitrogen and oxygen atoms in total. The van der Waals surface area contributed by atoms with Gasteiger partial charge in [0, 0.05) is 19.7 Å². The van der Waals surface area contributed by atoms with Crippen LogP contribution in [-0.4, -0.2) is 45.3 Å². The number of hydrogen-bond acceptors (Lipinski definition) is 5. The lowest BCUT2D eigenvalue weighted by atomic mass is 10.2. The minimum Gasteiger partial charge on any atom is -0.493 e. The van der Waals surface area contributed by atoms with Crippen molar-refractivity contribution in [3.8, 4) is 11.5 Å². The van der Waals surface area contributed by atoms with Crippen molar-refractivity contribution in [3.05, 3.63) is 54.0 Å². The normalized spacial score (nSPS) is 10.8. The van der Waals surface area contributed by atoms with Gasteiger partial charge in [-0.05, 0) is 35.9 Å². The molecule has 1 aromatic heterocycles. The van der Waals surface area contributed by atoms with Gasteiger partial charge in [-0.2, -0.15) is 0 Å². The average molecular weight is 345 g/mol. The zero-order chi connectivity index (χ0) is 18.1. The highest BCUT2D eigenvalue weighted by Crippen LogP contribution is 2.28.